The van der Waals surface area contributed by atoms with Gasteiger partial charge in [-0.15, -0.1) is 0 Å². The molecule has 1 aliphatic heterocycles. The highest BCUT2D eigenvalue weighted by atomic mass is 16.7. The van der Waals surface area contributed by atoms with Crippen LogP contribution in [0, 0.1) is 0 Å². The Labute approximate surface area is 63.3 Å². The molecule has 0 saturated carbocycles. The Morgan fingerprint density at radius 1 is 1.70 bits per heavy atom. The average molecular weight is 147 g/mol. The van der Waals surface area contributed by atoms with Crippen LogP contribution in [0.25, 0.3) is 0 Å². The predicted octanol–water partition coefficient (Wildman–Crippen LogP) is 0.655. The van der Waals surface area contributed by atoms with E-state index in [-0.39, 0.29) is 18.6 Å². The average Bonchev–Trinajstić information content (AvgIpc) is 2.30. The molecule has 0 bridgehead atoms. The van der Waals surface area contributed by atoms with Gasteiger partial charge in [-0.25, -0.2) is 0 Å². The summed E-state index contributed by atoms with van der Waals surface area (Å²) in [6.45, 7) is 2.34. The van der Waals surface area contributed by atoms with Gasteiger partial charge < -0.3 is 9.47 Å². The van der Waals surface area contributed by atoms with Gasteiger partial charge in [-0.3, -0.25) is 4.90 Å². The Bertz CT molecular complexity index is 116. The number of nitrogens with zero attached hydrogens (tertiary/aromatic N) is 1. The van der Waals surface area contributed by atoms with Crippen molar-refractivity contribution in [3.8, 4) is 0 Å². The molecule has 1 heterocycles. The second-order valence-corrected chi connectivity index (χ2v) is 2.62. The monoisotopic (exact) mass is 147 g/mol. The molecule has 1 fully saturated rings. The molecule has 0 amide bonds. The maximum atomic E-state index is 7.18. The molecule has 0 aromatic carbocycles. The van der Waals surface area contributed by atoms with Gasteiger partial charge >= 0.3 is 0 Å². The van der Waals surface area contributed by atoms with Crippen LogP contribution in [0.3, 0.4) is 0 Å². The zero-order chi connectivity index (χ0) is 8.43. The van der Waals surface area contributed by atoms with E-state index in [9.17, 15) is 0 Å². The van der Waals surface area contributed by atoms with E-state index in [2.05, 4.69) is 0 Å². The van der Waals surface area contributed by atoms with Crippen molar-refractivity contribution >= 4 is 0 Å². The summed E-state index contributed by atoms with van der Waals surface area (Å²) in [6, 6.07) is 0.275. The summed E-state index contributed by atoms with van der Waals surface area (Å²) < 4.78 is 17.6. The zero-order valence-electron chi connectivity index (χ0n) is 7.70. The molecule has 0 radical (unpaired) electrons. The van der Waals surface area contributed by atoms with Gasteiger partial charge in [-0.2, -0.15) is 0 Å². The fourth-order valence-corrected chi connectivity index (χ4v) is 1.04. The highest BCUT2D eigenvalue weighted by Gasteiger charge is 2.33. The van der Waals surface area contributed by atoms with Crippen LogP contribution in [0.2, 0.25) is 0 Å². The van der Waals surface area contributed by atoms with Gasteiger partial charge in [0.2, 0.25) is 6.41 Å². The topological polar surface area (TPSA) is 21.7 Å². The first-order valence-corrected chi connectivity index (χ1v) is 3.40. The lowest BCUT2D eigenvalue weighted by Gasteiger charge is -2.18. The van der Waals surface area contributed by atoms with Crippen LogP contribution in [0.4, 0.5) is 0 Å². The summed E-state index contributed by atoms with van der Waals surface area (Å²) in [4.78, 5) is 1.99. The molecule has 1 aliphatic rings. The fourth-order valence-electron chi connectivity index (χ4n) is 1.04. The lowest BCUT2D eigenvalue weighted by atomic mass is 10.2. The number of rotatable bonds is 1. The minimum absolute atomic E-state index is 0.00931. The lowest BCUT2D eigenvalue weighted by molar-refractivity contribution is -0.163. The van der Waals surface area contributed by atoms with Gasteiger partial charge in [0.25, 0.3) is 0 Å². The molecular weight excluding hydrogens is 130 g/mol. The first kappa shape index (κ1) is 6.58. The Balaban J connectivity index is 2.53. The van der Waals surface area contributed by atoms with Gasteiger partial charge in [-0.1, -0.05) is 0 Å². The maximum absolute atomic E-state index is 7.18. The standard InChI is InChI=1S/C7H15NO2/c1-5-6(2)10-7(9-4)8(5)3/h5-7H,1-4H3/i2T. The van der Waals surface area contributed by atoms with Crippen molar-refractivity contribution < 1.29 is 10.8 Å². The van der Waals surface area contributed by atoms with Crippen molar-refractivity contribution in [3.05, 3.63) is 0 Å². The number of ether oxygens (including phenoxy) is 2. The van der Waals surface area contributed by atoms with Crippen LogP contribution in [0.1, 0.15) is 15.2 Å². The van der Waals surface area contributed by atoms with Crippen molar-refractivity contribution in [3.63, 3.8) is 0 Å². The molecule has 10 heavy (non-hydrogen) atoms. The summed E-state index contributed by atoms with van der Waals surface area (Å²) in [5, 5.41) is 0. The molecule has 0 aromatic rings. The number of hydrogen-bond donors (Lipinski definition) is 0. The molecule has 0 spiro atoms. The molecule has 3 unspecified atom stereocenters. The SMILES string of the molecule is [3H]CC1OC(OC)N(C)C1C. The zero-order valence-corrected chi connectivity index (χ0v) is 6.70. The van der Waals surface area contributed by atoms with Crippen molar-refractivity contribution in [1.82, 2.24) is 4.90 Å². The second-order valence-electron chi connectivity index (χ2n) is 2.62. The smallest absolute Gasteiger partial charge is 0.218 e. The summed E-state index contributed by atoms with van der Waals surface area (Å²) in [7, 11) is 3.55. The molecule has 0 aliphatic carbocycles. The Hall–Kier alpha value is -0.120. The lowest BCUT2D eigenvalue weighted by Crippen LogP contribution is -2.33. The van der Waals surface area contributed by atoms with E-state index in [0.29, 0.717) is 6.90 Å². The molecule has 1 saturated heterocycles. The molecule has 0 N–H and O–H groups in total. The molecule has 0 aromatic heterocycles. The summed E-state index contributed by atoms with van der Waals surface area (Å²) in [5.41, 5.74) is 0. The number of hydrogen-bond acceptors (Lipinski definition) is 3. The Morgan fingerprint density at radius 2 is 2.40 bits per heavy atom. The third-order valence-electron chi connectivity index (χ3n) is 2.01. The number of methoxy groups -OCH3 is 1. The van der Waals surface area contributed by atoms with Crippen molar-refractivity contribution in [2.75, 3.05) is 14.2 Å². The molecule has 3 atom stereocenters. The van der Waals surface area contributed by atoms with Crippen LogP contribution < -0.4 is 0 Å². The van der Waals surface area contributed by atoms with Gasteiger partial charge in [-0.05, 0) is 20.9 Å². The van der Waals surface area contributed by atoms with E-state index in [1.165, 1.54) is 0 Å². The van der Waals surface area contributed by atoms with E-state index in [1.54, 1.807) is 7.11 Å². The van der Waals surface area contributed by atoms with E-state index < -0.39 is 0 Å². The van der Waals surface area contributed by atoms with E-state index in [1.807, 2.05) is 18.9 Å². The third-order valence-corrected chi connectivity index (χ3v) is 2.01. The van der Waals surface area contributed by atoms with Gasteiger partial charge in [0.15, 0.2) is 0 Å². The Morgan fingerprint density at radius 3 is 2.70 bits per heavy atom. The van der Waals surface area contributed by atoms with Crippen molar-refractivity contribution in [2.45, 2.75) is 32.4 Å². The third kappa shape index (κ3) is 1.17. The van der Waals surface area contributed by atoms with E-state index >= 15 is 0 Å². The van der Waals surface area contributed by atoms with Crippen LogP contribution in [-0.2, 0) is 9.47 Å². The summed E-state index contributed by atoms with van der Waals surface area (Å²) >= 11 is 0. The molecule has 60 valence electrons. The largest absolute Gasteiger partial charge is 0.343 e. The van der Waals surface area contributed by atoms with Gasteiger partial charge in [0.05, 0.1) is 6.10 Å². The highest BCUT2D eigenvalue weighted by molar-refractivity contribution is 4.76. The van der Waals surface area contributed by atoms with Gasteiger partial charge in [0.1, 0.15) is 0 Å². The van der Waals surface area contributed by atoms with Crippen LogP contribution in [0.15, 0.2) is 0 Å². The van der Waals surface area contributed by atoms with E-state index in [4.69, 9.17) is 10.8 Å². The second kappa shape index (κ2) is 2.86. The van der Waals surface area contributed by atoms with Crippen LogP contribution in [0.5, 0.6) is 0 Å². The van der Waals surface area contributed by atoms with Crippen molar-refractivity contribution in [2.24, 2.45) is 0 Å². The molecule has 3 nitrogen and oxygen atoms in total. The normalized spacial score (nSPS) is 43.9. The maximum Gasteiger partial charge on any atom is 0.218 e. The van der Waals surface area contributed by atoms with Crippen molar-refractivity contribution in [1.29, 1.82) is 0 Å². The number of likely N-dealkylation sites (N-methyl/N-ethyl adjacent to an activating group) is 1. The minimum Gasteiger partial charge on any atom is -0.343 e. The van der Waals surface area contributed by atoms with Crippen LogP contribution in [-0.4, -0.2) is 37.6 Å². The Kier molecular flexibility index (Phi) is 1.88. The molecule has 3 heteroatoms. The van der Waals surface area contributed by atoms with Gasteiger partial charge in [0, 0.05) is 14.5 Å². The van der Waals surface area contributed by atoms with Crippen LogP contribution >= 0.6 is 0 Å². The molecule has 1 rings (SSSR count). The summed E-state index contributed by atoms with van der Waals surface area (Å²) in [6.07, 6.45) is -0.273. The highest BCUT2D eigenvalue weighted by Crippen LogP contribution is 2.20. The molecular formula is C7H15NO2. The summed E-state index contributed by atoms with van der Waals surface area (Å²) in [5.74, 6) is 0. The first-order chi connectivity index (χ1) is 5.20. The fraction of sp³-hybridized carbons (Fsp3) is 1.00. The minimum atomic E-state index is -0.264. The first-order valence-electron chi connectivity index (χ1n) is 4.11. The van der Waals surface area contributed by atoms with E-state index in [0.717, 1.165) is 0 Å². The quantitative estimate of drug-likeness (QED) is 0.543. The predicted molar refractivity (Wildman–Crippen MR) is 38.6 cm³/mol.